The number of pyridine rings is 1. The first-order chi connectivity index (χ1) is 22.5. The zero-order valence-electron chi connectivity index (χ0n) is 27.8. The minimum absolute atomic E-state index is 0.169. The van der Waals surface area contributed by atoms with Gasteiger partial charge in [0.2, 0.25) is 0 Å². The number of carbonyl (C=O) groups excluding carboxylic acids is 1. The summed E-state index contributed by atoms with van der Waals surface area (Å²) >= 11 is 0. The molecule has 0 spiro atoms. The molecule has 1 unspecified atom stereocenters. The van der Waals surface area contributed by atoms with Crippen LogP contribution in [0.15, 0.2) is 114 Å². The van der Waals surface area contributed by atoms with Crippen molar-refractivity contribution in [2.24, 2.45) is 0 Å². The normalized spacial score (nSPS) is 18.5. The number of aldehydes is 1. The van der Waals surface area contributed by atoms with Gasteiger partial charge in [-0.1, -0.05) is 45.8 Å². The van der Waals surface area contributed by atoms with Crippen molar-refractivity contribution in [2.45, 2.75) is 71.0 Å². The monoisotopic (exact) mass is 625 g/mol. The molecule has 246 valence electrons. The Morgan fingerprint density at radius 3 is 2.54 bits per heavy atom. The summed E-state index contributed by atoms with van der Waals surface area (Å²) in [6, 6.07) is 12.6. The van der Waals surface area contributed by atoms with Crippen LogP contribution in [0, 0.1) is 0 Å². The van der Waals surface area contributed by atoms with Crippen LogP contribution in [0.2, 0.25) is 0 Å². The number of hydrogen-bond acceptors (Lipinski definition) is 8. The van der Waals surface area contributed by atoms with Gasteiger partial charge < -0.3 is 30.4 Å². The molecule has 1 atom stereocenters. The molecule has 8 nitrogen and oxygen atoms in total. The number of carbonyl (C=O) groups is 1. The van der Waals surface area contributed by atoms with Gasteiger partial charge in [0.1, 0.15) is 12.0 Å². The van der Waals surface area contributed by atoms with E-state index >= 15 is 0 Å². The molecule has 1 aromatic carbocycles. The lowest BCUT2D eigenvalue weighted by atomic mass is 9.93. The number of aliphatic hydroxyl groups excluding tert-OH is 1. The van der Waals surface area contributed by atoms with Gasteiger partial charge in [0.05, 0.1) is 23.9 Å². The predicted octanol–water partition coefficient (Wildman–Crippen LogP) is 8.27. The molecule has 1 aliphatic carbocycles. The Kier molecular flexibility index (Phi) is 15.4. The Labute approximate surface area is 275 Å². The number of nitrogens with one attached hydrogen (secondary N) is 3. The second-order valence-corrected chi connectivity index (χ2v) is 11.1. The second-order valence-electron chi connectivity index (χ2n) is 11.1. The van der Waals surface area contributed by atoms with E-state index in [1.165, 1.54) is 43.2 Å². The maximum atomic E-state index is 11.1. The van der Waals surface area contributed by atoms with E-state index in [-0.39, 0.29) is 11.8 Å². The third-order valence-electron chi connectivity index (χ3n) is 8.10. The van der Waals surface area contributed by atoms with Crippen molar-refractivity contribution in [3.8, 4) is 0 Å². The van der Waals surface area contributed by atoms with E-state index in [4.69, 9.17) is 4.42 Å². The van der Waals surface area contributed by atoms with Crippen molar-refractivity contribution in [3.05, 3.63) is 126 Å². The van der Waals surface area contributed by atoms with Gasteiger partial charge in [0.25, 0.3) is 0 Å². The second kappa shape index (κ2) is 19.7. The van der Waals surface area contributed by atoms with Crippen LogP contribution >= 0.6 is 0 Å². The third-order valence-corrected chi connectivity index (χ3v) is 8.10. The highest BCUT2D eigenvalue weighted by Crippen LogP contribution is 2.34. The van der Waals surface area contributed by atoms with E-state index in [0.29, 0.717) is 18.2 Å². The molecule has 0 saturated heterocycles. The minimum Gasteiger partial charge on any atom is -0.508 e. The molecule has 3 heterocycles. The zero-order valence-corrected chi connectivity index (χ0v) is 27.8. The molecule has 2 aliphatic rings. The van der Waals surface area contributed by atoms with Gasteiger partial charge >= 0.3 is 0 Å². The number of benzene rings is 1. The maximum Gasteiger partial charge on any atom is 0.150 e. The van der Waals surface area contributed by atoms with Crippen molar-refractivity contribution < 1.29 is 14.3 Å². The van der Waals surface area contributed by atoms with Crippen LogP contribution < -0.4 is 20.9 Å². The fraction of sp³-hybridized carbons (Fsp3) is 0.368. The highest BCUT2D eigenvalue weighted by Gasteiger charge is 2.24. The lowest BCUT2D eigenvalue weighted by Gasteiger charge is -2.37. The Balaban J connectivity index is 0.000000239. The van der Waals surface area contributed by atoms with Crippen molar-refractivity contribution >= 4 is 17.7 Å². The molecule has 1 fully saturated rings. The van der Waals surface area contributed by atoms with Crippen molar-refractivity contribution in [3.63, 3.8) is 0 Å². The molecule has 0 amide bonds. The molecule has 5 rings (SSSR count). The van der Waals surface area contributed by atoms with Gasteiger partial charge in [-0.05, 0) is 91.6 Å². The number of allylic oxidation sites excluding steroid dienone is 3. The van der Waals surface area contributed by atoms with E-state index in [1.54, 1.807) is 30.8 Å². The number of anilines is 2. The fourth-order valence-electron chi connectivity index (χ4n) is 5.69. The maximum absolute atomic E-state index is 11.1. The molecule has 8 heteroatoms. The number of nitrogens with zero attached hydrogens (tertiary/aromatic N) is 2. The van der Waals surface area contributed by atoms with E-state index in [2.05, 4.69) is 38.5 Å². The summed E-state index contributed by atoms with van der Waals surface area (Å²) in [6.07, 6.45) is 22.3. The number of rotatable bonds is 10. The molecular formula is C38H51N5O3. The smallest absolute Gasteiger partial charge is 0.150 e. The average Bonchev–Trinajstić information content (AvgIpc) is 3.65. The Hall–Kier alpha value is -4.56. The van der Waals surface area contributed by atoms with Crippen molar-refractivity contribution in [1.29, 1.82) is 0 Å². The molecule has 0 radical (unpaired) electrons. The molecule has 0 bridgehead atoms. The molecule has 1 aliphatic heterocycles. The Bertz CT molecular complexity index is 1420. The lowest BCUT2D eigenvalue weighted by molar-refractivity contribution is 0.112. The summed E-state index contributed by atoms with van der Waals surface area (Å²) in [5.74, 6) is 0.222. The van der Waals surface area contributed by atoms with Crippen molar-refractivity contribution in [1.82, 2.24) is 15.6 Å². The Morgan fingerprint density at radius 1 is 1.13 bits per heavy atom. The zero-order chi connectivity index (χ0) is 33.1. The van der Waals surface area contributed by atoms with Gasteiger partial charge in [-0.15, -0.1) is 0 Å². The van der Waals surface area contributed by atoms with Gasteiger partial charge in [-0.25, -0.2) is 0 Å². The van der Waals surface area contributed by atoms with Crippen LogP contribution in [-0.4, -0.2) is 43.1 Å². The summed E-state index contributed by atoms with van der Waals surface area (Å²) in [6.45, 7) is 9.56. The third kappa shape index (κ3) is 10.8. The summed E-state index contributed by atoms with van der Waals surface area (Å²) in [4.78, 5) is 17.6. The summed E-state index contributed by atoms with van der Waals surface area (Å²) < 4.78 is 5.24. The van der Waals surface area contributed by atoms with Gasteiger partial charge in [-0.3, -0.25) is 9.78 Å². The van der Waals surface area contributed by atoms with E-state index < -0.39 is 0 Å². The van der Waals surface area contributed by atoms with Crippen LogP contribution in [0.4, 0.5) is 11.4 Å². The van der Waals surface area contributed by atoms with E-state index in [1.807, 2.05) is 76.8 Å². The molecule has 46 heavy (non-hydrogen) atoms. The van der Waals surface area contributed by atoms with Gasteiger partial charge in [-0.2, -0.15) is 0 Å². The molecule has 2 aromatic heterocycles. The quantitative estimate of drug-likeness (QED) is 0.167. The lowest BCUT2D eigenvalue weighted by Crippen LogP contribution is -2.36. The van der Waals surface area contributed by atoms with Crippen molar-refractivity contribution in [2.75, 3.05) is 30.9 Å². The first kappa shape index (κ1) is 35.9. The van der Waals surface area contributed by atoms with Crippen LogP contribution in [0.5, 0.6) is 0 Å². The minimum atomic E-state index is 0.169. The Morgan fingerprint density at radius 2 is 1.89 bits per heavy atom. The first-order valence-corrected chi connectivity index (χ1v) is 16.3. The van der Waals surface area contributed by atoms with Gasteiger partial charge in [0.15, 0.2) is 0 Å². The van der Waals surface area contributed by atoms with Crippen LogP contribution in [0.3, 0.4) is 0 Å². The van der Waals surface area contributed by atoms with Gasteiger partial charge in [0, 0.05) is 61.9 Å². The highest BCUT2D eigenvalue weighted by molar-refractivity contribution is 5.82. The summed E-state index contributed by atoms with van der Waals surface area (Å²) in [5.41, 5.74) is 7.08. The SMILES string of the molecule is C=C1/C=C(O)\C=C/CN/C=C\1CC(NC)c1ccncc1.CC.CNc1cc(C=O)ccc1N(Cc1ccoc1)C1CCCCC1. The summed E-state index contributed by atoms with van der Waals surface area (Å²) in [5, 5.41) is 19.5. The number of aliphatic hydroxyl groups is 1. The summed E-state index contributed by atoms with van der Waals surface area (Å²) in [7, 11) is 3.84. The molecule has 1 saturated carbocycles. The number of hydrogen-bond donors (Lipinski definition) is 4. The topological polar surface area (TPSA) is 103 Å². The molecule has 4 N–H and O–H groups in total. The van der Waals surface area contributed by atoms with Crippen LogP contribution in [-0.2, 0) is 6.54 Å². The van der Waals surface area contributed by atoms with Crippen LogP contribution in [0.25, 0.3) is 0 Å². The fourth-order valence-corrected chi connectivity index (χ4v) is 5.69. The number of furan rings is 1. The molecule has 3 aromatic rings. The highest BCUT2D eigenvalue weighted by atomic mass is 16.3. The molecular weight excluding hydrogens is 574 g/mol. The largest absolute Gasteiger partial charge is 0.508 e. The standard InChI is InChI=1S/C19H24N2O2.C17H21N3O.C2H6/c1-20-18-11-15(13-22)7-8-19(18)21(12-16-9-10-23-14-16)17-5-3-2-4-6-17;1-13-10-16(21)4-3-7-20-12-15(13)11-17(18-2)14-5-8-19-9-6-14;1-2/h7-11,13-14,17,20H,2-6,12H2,1H3;3-6,8-10,12,17-18,20-21H,1,7,11H2,2H3;1-2H3/b;4-3-,15-12-,16-10+;. The van der Waals surface area contributed by atoms with E-state index in [0.717, 1.165) is 41.8 Å². The van der Waals surface area contributed by atoms with E-state index in [9.17, 15) is 9.90 Å². The first-order valence-electron chi connectivity index (χ1n) is 16.3. The predicted molar refractivity (Wildman–Crippen MR) is 190 cm³/mol. The van der Waals surface area contributed by atoms with Crippen LogP contribution in [0.1, 0.15) is 79.9 Å². The number of aromatic nitrogens is 1. The average molecular weight is 626 g/mol.